The quantitative estimate of drug-likeness (QED) is 0.802. The highest BCUT2D eigenvalue weighted by molar-refractivity contribution is 5.78. The van der Waals surface area contributed by atoms with Gasteiger partial charge in [0.1, 0.15) is 5.75 Å². The van der Waals surface area contributed by atoms with E-state index >= 15 is 0 Å². The van der Waals surface area contributed by atoms with Gasteiger partial charge < -0.3 is 24.4 Å². The van der Waals surface area contributed by atoms with Gasteiger partial charge in [-0.15, -0.1) is 0 Å². The summed E-state index contributed by atoms with van der Waals surface area (Å²) in [6, 6.07) is 7.81. The van der Waals surface area contributed by atoms with Crippen LogP contribution in [0.5, 0.6) is 5.75 Å². The molecule has 26 heavy (non-hydrogen) atoms. The Bertz CT molecular complexity index is 549. The third-order valence-corrected chi connectivity index (χ3v) is 5.24. The van der Waals surface area contributed by atoms with Crippen molar-refractivity contribution in [1.82, 2.24) is 10.2 Å². The molecule has 2 fully saturated rings. The van der Waals surface area contributed by atoms with Crippen LogP contribution in [0.1, 0.15) is 24.8 Å². The van der Waals surface area contributed by atoms with Gasteiger partial charge in [-0.1, -0.05) is 12.1 Å². The molecule has 1 amide bonds. The van der Waals surface area contributed by atoms with Gasteiger partial charge >= 0.3 is 0 Å². The molecule has 6 nitrogen and oxygen atoms in total. The zero-order valence-corrected chi connectivity index (χ0v) is 15.6. The van der Waals surface area contributed by atoms with E-state index in [0.29, 0.717) is 26.4 Å². The summed E-state index contributed by atoms with van der Waals surface area (Å²) in [5, 5.41) is 3.07. The van der Waals surface area contributed by atoms with Gasteiger partial charge in [0.05, 0.1) is 33.0 Å². The molecule has 0 saturated carbocycles. The third-order valence-electron chi connectivity index (χ3n) is 5.24. The number of ether oxygens (including phenoxy) is 3. The van der Waals surface area contributed by atoms with Gasteiger partial charge in [0.2, 0.25) is 5.91 Å². The van der Waals surface area contributed by atoms with Crippen molar-refractivity contribution in [3.63, 3.8) is 0 Å². The first kappa shape index (κ1) is 19.1. The molecular weight excluding hydrogens is 332 g/mol. The molecule has 1 aromatic carbocycles. The predicted molar refractivity (Wildman–Crippen MR) is 99.2 cm³/mol. The number of carbonyl (C=O) groups excluding carboxylic acids is 1. The molecule has 1 atom stereocenters. The van der Waals surface area contributed by atoms with Crippen molar-refractivity contribution in [2.24, 2.45) is 5.92 Å². The Morgan fingerprint density at radius 1 is 1.23 bits per heavy atom. The first-order valence-corrected chi connectivity index (χ1v) is 9.57. The molecule has 1 aromatic rings. The molecule has 0 spiro atoms. The molecule has 2 aliphatic rings. The minimum atomic E-state index is 0.124. The van der Waals surface area contributed by atoms with E-state index in [9.17, 15) is 4.79 Å². The molecule has 2 aliphatic heterocycles. The van der Waals surface area contributed by atoms with Crippen LogP contribution in [0.15, 0.2) is 24.3 Å². The molecule has 3 rings (SSSR count). The van der Waals surface area contributed by atoms with E-state index in [-0.39, 0.29) is 17.9 Å². The van der Waals surface area contributed by atoms with Crippen molar-refractivity contribution in [3.05, 3.63) is 29.8 Å². The van der Waals surface area contributed by atoms with Gasteiger partial charge in [-0.2, -0.15) is 0 Å². The lowest BCUT2D eigenvalue weighted by Crippen LogP contribution is -2.42. The monoisotopic (exact) mass is 362 g/mol. The highest BCUT2D eigenvalue weighted by Crippen LogP contribution is 2.19. The van der Waals surface area contributed by atoms with Crippen LogP contribution < -0.4 is 10.1 Å². The lowest BCUT2D eigenvalue weighted by atomic mass is 9.95. The Hall–Kier alpha value is -1.63. The SMILES string of the molecule is COc1ccc(CNC(=O)C2CCN(CCC3COCCO3)CC2)cc1. The highest BCUT2D eigenvalue weighted by Gasteiger charge is 2.25. The molecule has 0 aromatic heterocycles. The zero-order valence-electron chi connectivity index (χ0n) is 15.6. The summed E-state index contributed by atoms with van der Waals surface area (Å²) in [4.78, 5) is 14.9. The fourth-order valence-electron chi connectivity index (χ4n) is 3.53. The summed E-state index contributed by atoms with van der Waals surface area (Å²) < 4.78 is 16.3. The number of likely N-dealkylation sites (tertiary alicyclic amines) is 1. The van der Waals surface area contributed by atoms with Gasteiger partial charge in [0, 0.05) is 19.0 Å². The minimum Gasteiger partial charge on any atom is -0.497 e. The first-order chi connectivity index (χ1) is 12.7. The van der Waals surface area contributed by atoms with Crippen LogP contribution in [-0.4, -0.2) is 63.5 Å². The fourth-order valence-corrected chi connectivity index (χ4v) is 3.53. The number of hydrogen-bond acceptors (Lipinski definition) is 5. The molecule has 144 valence electrons. The average molecular weight is 362 g/mol. The summed E-state index contributed by atoms with van der Waals surface area (Å²) in [6.45, 7) is 5.69. The van der Waals surface area contributed by atoms with Crippen molar-refractivity contribution in [1.29, 1.82) is 0 Å². The number of nitrogens with one attached hydrogen (secondary N) is 1. The molecule has 0 aliphatic carbocycles. The maximum Gasteiger partial charge on any atom is 0.223 e. The van der Waals surface area contributed by atoms with Gasteiger partial charge in [0.15, 0.2) is 0 Å². The largest absolute Gasteiger partial charge is 0.497 e. The van der Waals surface area contributed by atoms with E-state index in [1.54, 1.807) is 7.11 Å². The second-order valence-electron chi connectivity index (χ2n) is 7.04. The molecule has 2 heterocycles. The van der Waals surface area contributed by atoms with Gasteiger partial charge in [0.25, 0.3) is 0 Å². The smallest absolute Gasteiger partial charge is 0.223 e. The van der Waals surface area contributed by atoms with Crippen LogP contribution in [0.4, 0.5) is 0 Å². The number of piperidine rings is 1. The summed E-state index contributed by atoms with van der Waals surface area (Å²) >= 11 is 0. The standard InChI is InChI=1S/C20H30N2O4/c1-24-18-4-2-16(3-5-18)14-21-20(23)17-6-9-22(10-7-17)11-8-19-15-25-12-13-26-19/h2-5,17,19H,6-15H2,1H3,(H,21,23). The second-order valence-corrected chi connectivity index (χ2v) is 7.04. The molecule has 1 N–H and O–H groups in total. The van der Waals surface area contributed by atoms with Gasteiger partial charge in [-0.3, -0.25) is 4.79 Å². The van der Waals surface area contributed by atoms with Crippen molar-refractivity contribution in [2.45, 2.75) is 31.9 Å². The van der Waals surface area contributed by atoms with Crippen LogP contribution in [0.2, 0.25) is 0 Å². The number of methoxy groups -OCH3 is 1. The van der Waals surface area contributed by atoms with E-state index in [0.717, 1.165) is 50.2 Å². The molecule has 1 unspecified atom stereocenters. The Morgan fingerprint density at radius 2 is 2.00 bits per heavy atom. The first-order valence-electron chi connectivity index (χ1n) is 9.57. The molecule has 2 saturated heterocycles. The summed E-state index contributed by atoms with van der Waals surface area (Å²) in [5.41, 5.74) is 1.09. The molecule has 6 heteroatoms. The van der Waals surface area contributed by atoms with Gasteiger partial charge in [-0.25, -0.2) is 0 Å². The summed E-state index contributed by atoms with van der Waals surface area (Å²) in [5.74, 6) is 1.13. The average Bonchev–Trinajstić information content (AvgIpc) is 2.72. The third kappa shape index (κ3) is 5.69. The number of carbonyl (C=O) groups is 1. The summed E-state index contributed by atoms with van der Waals surface area (Å²) in [6.07, 6.45) is 3.09. The van der Waals surface area contributed by atoms with Crippen LogP contribution in [-0.2, 0) is 20.8 Å². The Morgan fingerprint density at radius 3 is 2.65 bits per heavy atom. The Labute approximate surface area is 155 Å². The van der Waals surface area contributed by atoms with E-state index in [4.69, 9.17) is 14.2 Å². The highest BCUT2D eigenvalue weighted by atomic mass is 16.6. The maximum atomic E-state index is 12.4. The predicted octanol–water partition coefficient (Wildman–Crippen LogP) is 1.83. The number of hydrogen-bond donors (Lipinski definition) is 1. The van der Waals surface area contributed by atoms with E-state index in [2.05, 4.69) is 10.2 Å². The van der Waals surface area contributed by atoms with Gasteiger partial charge in [-0.05, 0) is 50.0 Å². The van der Waals surface area contributed by atoms with Crippen molar-refractivity contribution in [2.75, 3.05) is 46.6 Å². The number of benzene rings is 1. The minimum absolute atomic E-state index is 0.124. The second kappa shape index (κ2) is 9.90. The van der Waals surface area contributed by atoms with E-state index < -0.39 is 0 Å². The molecule has 0 radical (unpaired) electrons. The fraction of sp³-hybridized carbons (Fsp3) is 0.650. The van der Waals surface area contributed by atoms with Crippen molar-refractivity contribution < 1.29 is 19.0 Å². The Kier molecular flexibility index (Phi) is 7.29. The van der Waals surface area contributed by atoms with Crippen LogP contribution >= 0.6 is 0 Å². The van der Waals surface area contributed by atoms with Crippen molar-refractivity contribution in [3.8, 4) is 5.75 Å². The summed E-state index contributed by atoms with van der Waals surface area (Å²) in [7, 11) is 1.65. The van der Waals surface area contributed by atoms with E-state index in [1.165, 1.54) is 0 Å². The van der Waals surface area contributed by atoms with Crippen LogP contribution in [0, 0.1) is 5.92 Å². The number of rotatable bonds is 7. The lowest BCUT2D eigenvalue weighted by Gasteiger charge is -2.32. The lowest BCUT2D eigenvalue weighted by molar-refractivity contribution is -0.126. The zero-order chi connectivity index (χ0) is 18.2. The van der Waals surface area contributed by atoms with Crippen LogP contribution in [0.25, 0.3) is 0 Å². The van der Waals surface area contributed by atoms with Crippen LogP contribution in [0.3, 0.4) is 0 Å². The molecular formula is C20H30N2O4. The number of amides is 1. The number of nitrogens with zero attached hydrogens (tertiary/aromatic N) is 1. The molecule has 0 bridgehead atoms. The normalized spacial score (nSPS) is 22.1. The maximum absolute atomic E-state index is 12.4. The van der Waals surface area contributed by atoms with E-state index in [1.807, 2.05) is 24.3 Å². The van der Waals surface area contributed by atoms with Crippen molar-refractivity contribution >= 4 is 5.91 Å². The Balaban J connectivity index is 1.33. The topological polar surface area (TPSA) is 60.0 Å².